The maximum atomic E-state index is 11.7. The van der Waals surface area contributed by atoms with Crippen molar-refractivity contribution >= 4 is 50.2 Å². The van der Waals surface area contributed by atoms with Gasteiger partial charge in [0, 0.05) is 35.9 Å². The molecule has 0 atom stereocenters. The highest BCUT2D eigenvalue weighted by Crippen LogP contribution is 2.30. The van der Waals surface area contributed by atoms with E-state index in [-0.39, 0.29) is 11.8 Å². The minimum Gasteiger partial charge on any atom is -0.359 e. The van der Waals surface area contributed by atoms with Crippen molar-refractivity contribution in [2.45, 2.75) is 12.8 Å². The van der Waals surface area contributed by atoms with Gasteiger partial charge in [-0.3, -0.25) is 4.79 Å². The monoisotopic (exact) mass is 381 g/mol. The average molecular weight is 383 g/mol. The molecule has 3 rings (SSSR count). The Morgan fingerprint density at radius 1 is 1.36 bits per heavy atom. The van der Waals surface area contributed by atoms with Crippen molar-refractivity contribution in [2.75, 3.05) is 25.0 Å². The molecule has 2 aromatic rings. The number of carbonyl (C=O) groups is 1. The molecule has 1 fully saturated rings. The number of anilines is 1. The number of rotatable bonds is 2. The van der Waals surface area contributed by atoms with Gasteiger partial charge in [0.2, 0.25) is 5.91 Å². The largest absolute Gasteiger partial charge is 0.359 e. The maximum Gasteiger partial charge on any atom is 0.222 e. The number of hydrogen-bond acceptors (Lipinski definition) is 3. The van der Waals surface area contributed by atoms with Crippen LogP contribution in [-0.2, 0) is 4.79 Å². The number of nitrogens with zero attached hydrogens (tertiary/aromatic N) is 2. The first-order valence-corrected chi connectivity index (χ1v) is 8.48. The summed E-state index contributed by atoms with van der Waals surface area (Å²) in [6, 6.07) is 7.93. The number of halogens is 2. The third kappa shape index (κ3) is 3.06. The van der Waals surface area contributed by atoms with Gasteiger partial charge < -0.3 is 10.2 Å². The Balaban J connectivity index is 1.82. The molecule has 116 valence electrons. The summed E-state index contributed by atoms with van der Waals surface area (Å²) < 4.78 is 0.950. The SMILES string of the molecule is CNC(=O)C1CCN(c2ccc3cc(Br)cc(Cl)c3n2)CC1. The van der Waals surface area contributed by atoms with Gasteiger partial charge in [-0.1, -0.05) is 27.5 Å². The molecule has 0 bridgehead atoms. The molecule has 1 aliphatic rings. The molecule has 1 N–H and O–H groups in total. The number of aromatic nitrogens is 1. The smallest absolute Gasteiger partial charge is 0.222 e. The summed E-state index contributed by atoms with van der Waals surface area (Å²) in [4.78, 5) is 18.6. The molecule has 22 heavy (non-hydrogen) atoms. The number of piperidine rings is 1. The van der Waals surface area contributed by atoms with E-state index in [1.807, 2.05) is 24.3 Å². The number of carbonyl (C=O) groups excluding carboxylic acids is 1. The number of amides is 1. The molecular weight excluding hydrogens is 366 g/mol. The van der Waals surface area contributed by atoms with Crippen LogP contribution in [0.25, 0.3) is 10.9 Å². The molecule has 0 unspecified atom stereocenters. The minimum absolute atomic E-state index is 0.112. The van der Waals surface area contributed by atoms with Gasteiger partial charge in [0.15, 0.2) is 0 Å². The first-order chi connectivity index (χ1) is 10.6. The van der Waals surface area contributed by atoms with Gasteiger partial charge in [-0.05, 0) is 37.1 Å². The van der Waals surface area contributed by atoms with Crippen LogP contribution in [0.15, 0.2) is 28.7 Å². The Bertz CT molecular complexity index is 714. The molecule has 0 radical (unpaired) electrons. The Hall–Kier alpha value is -1.33. The van der Waals surface area contributed by atoms with Crippen LogP contribution in [0.4, 0.5) is 5.82 Å². The molecule has 4 nitrogen and oxygen atoms in total. The summed E-state index contributed by atoms with van der Waals surface area (Å²) in [5.74, 6) is 1.17. The second-order valence-corrected chi connectivity index (χ2v) is 6.83. The summed E-state index contributed by atoms with van der Waals surface area (Å²) in [5, 5.41) is 4.39. The highest BCUT2D eigenvalue weighted by Gasteiger charge is 2.24. The van der Waals surface area contributed by atoms with Crippen LogP contribution in [0.5, 0.6) is 0 Å². The van der Waals surface area contributed by atoms with E-state index in [2.05, 4.69) is 26.1 Å². The van der Waals surface area contributed by atoms with Crippen LogP contribution in [0.1, 0.15) is 12.8 Å². The van der Waals surface area contributed by atoms with Crippen molar-refractivity contribution in [1.29, 1.82) is 0 Å². The van der Waals surface area contributed by atoms with Crippen molar-refractivity contribution in [3.8, 4) is 0 Å². The van der Waals surface area contributed by atoms with E-state index in [1.54, 1.807) is 7.05 Å². The lowest BCUT2D eigenvalue weighted by molar-refractivity contribution is -0.125. The third-order valence-corrected chi connectivity index (χ3v) is 4.88. The molecule has 6 heteroatoms. The quantitative estimate of drug-likeness (QED) is 0.863. The lowest BCUT2D eigenvalue weighted by atomic mass is 9.96. The minimum atomic E-state index is 0.112. The third-order valence-electron chi connectivity index (χ3n) is 4.13. The zero-order valence-electron chi connectivity index (χ0n) is 12.3. The Labute approximate surface area is 143 Å². The van der Waals surface area contributed by atoms with Gasteiger partial charge >= 0.3 is 0 Å². The number of pyridine rings is 1. The lowest BCUT2D eigenvalue weighted by Gasteiger charge is -2.32. The van der Waals surface area contributed by atoms with Crippen LogP contribution in [0, 0.1) is 5.92 Å². The van der Waals surface area contributed by atoms with Crippen LogP contribution in [0.2, 0.25) is 5.02 Å². The van der Waals surface area contributed by atoms with Crippen LogP contribution < -0.4 is 10.2 Å². The summed E-state index contributed by atoms with van der Waals surface area (Å²) >= 11 is 9.74. The molecule has 2 heterocycles. The first kappa shape index (κ1) is 15.6. The molecule has 0 saturated carbocycles. The van der Waals surface area contributed by atoms with Crippen molar-refractivity contribution in [3.63, 3.8) is 0 Å². The zero-order chi connectivity index (χ0) is 15.7. The van der Waals surface area contributed by atoms with Gasteiger partial charge in [0.05, 0.1) is 10.5 Å². The van der Waals surface area contributed by atoms with E-state index in [0.717, 1.165) is 47.1 Å². The predicted molar refractivity (Wildman–Crippen MR) is 93.5 cm³/mol. The zero-order valence-corrected chi connectivity index (χ0v) is 14.6. The van der Waals surface area contributed by atoms with Crippen molar-refractivity contribution in [3.05, 3.63) is 33.8 Å². The van der Waals surface area contributed by atoms with E-state index < -0.39 is 0 Å². The fourth-order valence-electron chi connectivity index (χ4n) is 2.90. The second kappa shape index (κ2) is 6.42. The van der Waals surface area contributed by atoms with E-state index in [9.17, 15) is 4.79 Å². The van der Waals surface area contributed by atoms with Gasteiger partial charge in [0.25, 0.3) is 0 Å². The number of benzene rings is 1. The molecule has 0 aliphatic carbocycles. The lowest BCUT2D eigenvalue weighted by Crippen LogP contribution is -2.39. The summed E-state index contributed by atoms with van der Waals surface area (Å²) in [5.41, 5.74) is 0.816. The van der Waals surface area contributed by atoms with Crippen molar-refractivity contribution in [1.82, 2.24) is 10.3 Å². The van der Waals surface area contributed by atoms with Gasteiger partial charge in [-0.25, -0.2) is 4.98 Å². The van der Waals surface area contributed by atoms with Crippen LogP contribution in [0.3, 0.4) is 0 Å². The Morgan fingerprint density at radius 3 is 2.77 bits per heavy atom. The van der Waals surface area contributed by atoms with Crippen molar-refractivity contribution < 1.29 is 4.79 Å². The Kier molecular flexibility index (Phi) is 4.54. The Morgan fingerprint density at radius 2 is 2.09 bits per heavy atom. The highest BCUT2D eigenvalue weighted by atomic mass is 79.9. The molecule has 0 spiro atoms. The first-order valence-electron chi connectivity index (χ1n) is 7.31. The number of hydrogen-bond donors (Lipinski definition) is 1. The van der Waals surface area contributed by atoms with E-state index in [1.165, 1.54) is 0 Å². The number of fused-ring (bicyclic) bond motifs is 1. The van der Waals surface area contributed by atoms with Crippen molar-refractivity contribution in [2.24, 2.45) is 5.92 Å². The van der Waals surface area contributed by atoms with E-state index in [0.29, 0.717) is 5.02 Å². The van der Waals surface area contributed by atoms with E-state index in [4.69, 9.17) is 16.6 Å². The van der Waals surface area contributed by atoms with Crippen LogP contribution in [-0.4, -0.2) is 31.0 Å². The molecular formula is C16H17BrClN3O. The predicted octanol–water partition coefficient (Wildman–Crippen LogP) is 3.61. The fraction of sp³-hybridized carbons (Fsp3) is 0.375. The van der Waals surface area contributed by atoms with Crippen LogP contribution >= 0.6 is 27.5 Å². The summed E-state index contributed by atoms with van der Waals surface area (Å²) in [7, 11) is 1.69. The van der Waals surface area contributed by atoms with Gasteiger partial charge in [-0.2, -0.15) is 0 Å². The number of nitrogens with one attached hydrogen (secondary N) is 1. The summed E-state index contributed by atoms with van der Waals surface area (Å²) in [6.07, 6.45) is 1.71. The fourth-order valence-corrected chi connectivity index (χ4v) is 3.77. The summed E-state index contributed by atoms with van der Waals surface area (Å²) in [6.45, 7) is 1.68. The highest BCUT2D eigenvalue weighted by molar-refractivity contribution is 9.10. The van der Waals surface area contributed by atoms with Gasteiger partial charge in [-0.15, -0.1) is 0 Å². The van der Waals surface area contributed by atoms with Gasteiger partial charge in [0.1, 0.15) is 5.82 Å². The molecule has 1 amide bonds. The molecule has 1 saturated heterocycles. The van der Waals surface area contributed by atoms with E-state index >= 15 is 0 Å². The molecule has 1 aliphatic heterocycles. The maximum absolute atomic E-state index is 11.7. The molecule has 1 aromatic carbocycles. The normalized spacial score (nSPS) is 16.0. The average Bonchev–Trinajstić information content (AvgIpc) is 2.54. The molecule has 1 aromatic heterocycles. The second-order valence-electron chi connectivity index (χ2n) is 5.50. The standard InChI is InChI=1S/C16H17BrClN3O/c1-19-16(22)10-4-6-21(7-5-10)14-3-2-11-8-12(17)9-13(18)15(11)20-14/h2-3,8-10H,4-7H2,1H3,(H,19,22). The topological polar surface area (TPSA) is 45.2 Å².